The average molecular weight is 193 g/mol. The lowest BCUT2D eigenvalue weighted by molar-refractivity contribution is -0.113. The number of nitrogens with one attached hydrogen (secondary N) is 1. The second kappa shape index (κ2) is 2.82. The molecule has 9 heavy (non-hydrogen) atoms. The summed E-state index contributed by atoms with van der Waals surface area (Å²) in [6.07, 6.45) is 0.595. The summed E-state index contributed by atoms with van der Waals surface area (Å²) in [7, 11) is 0. The molecule has 0 aromatic carbocycles. The predicted octanol–water partition coefficient (Wildman–Crippen LogP) is 0.189. The molecule has 0 aromatic rings. The number of carbonyl (C=O) groups excluding carboxylic acids is 1. The van der Waals surface area contributed by atoms with E-state index >= 15 is 0 Å². The molecule has 0 saturated carbocycles. The molecule has 0 radical (unpaired) electrons. The molecule has 0 aliphatic carbocycles. The third-order valence-corrected chi connectivity index (χ3v) is 1.31. The lowest BCUT2D eigenvalue weighted by Gasteiger charge is -1.89. The Balaban J connectivity index is 2.51. The van der Waals surface area contributed by atoms with Crippen molar-refractivity contribution in [1.82, 2.24) is 4.34 Å². The molecule has 0 saturated heterocycles. The molecule has 5 heteroatoms. The van der Waals surface area contributed by atoms with Crippen LogP contribution >= 0.6 is 16.1 Å². The first-order valence-corrected chi connectivity index (χ1v) is 3.23. The van der Waals surface area contributed by atoms with Crippen LogP contribution in [0.5, 0.6) is 0 Å². The molecule has 0 spiro atoms. The molecule has 4 nitrogen and oxygen atoms in total. The van der Waals surface area contributed by atoms with Gasteiger partial charge in [-0.2, -0.15) is 0 Å². The summed E-state index contributed by atoms with van der Waals surface area (Å²) < 4.78 is 2.27. The van der Waals surface area contributed by atoms with E-state index in [1.807, 2.05) is 0 Å². The lowest BCUT2D eigenvalue weighted by Crippen LogP contribution is -2.21. The standard InChI is InChI=1S/C4H5BrN2O2/c5-6-4(8)3-1-2-9-7-3/h1-2H2,(H,6,8). The molecular weight excluding hydrogens is 188 g/mol. The van der Waals surface area contributed by atoms with Crippen LogP contribution in [0.25, 0.3) is 0 Å². The highest BCUT2D eigenvalue weighted by Crippen LogP contribution is 1.99. The fourth-order valence-electron chi connectivity index (χ4n) is 0.521. The number of amides is 1. The number of carbonyl (C=O) groups is 1. The maximum Gasteiger partial charge on any atom is 0.279 e. The Morgan fingerprint density at radius 2 is 2.67 bits per heavy atom. The summed E-state index contributed by atoms with van der Waals surface area (Å²) in [4.78, 5) is 15.2. The van der Waals surface area contributed by atoms with E-state index in [0.29, 0.717) is 18.7 Å². The minimum atomic E-state index is -0.229. The quantitative estimate of drug-likeness (QED) is 0.604. The van der Waals surface area contributed by atoms with Crippen molar-refractivity contribution in [2.45, 2.75) is 6.42 Å². The average Bonchev–Trinajstić information content (AvgIpc) is 2.37. The first kappa shape index (κ1) is 6.54. The van der Waals surface area contributed by atoms with Crippen molar-refractivity contribution in [3.8, 4) is 0 Å². The highest BCUT2D eigenvalue weighted by molar-refractivity contribution is 9.08. The minimum Gasteiger partial charge on any atom is -0.395 e. The van der Waals surface area contributed by atoms with Gasteiger partial charge < -0.3 is 4.84 Å². The van der Waals surface area contributed by atoms with Crippen molar-refractivity contribution >= 4 is 27.8 Å². The zero-order valence-corrected chi connectivity index (χ0v) is 6.14. The Kier molecular flexibility index (Phi) is 2.05. The van der Waals surface area contributed by atoms with E-state index in [0.717, 1.165) is 0 Å². The van der Waals surface area contributed by atoms with Gasteiger partial charge in [-0.15, -0.1) is 0 Å². The first-order chi connectivity index (χ1) is 4.34. The van der Waals surface area contributed by atoms with Crippen molar-refractivity contribution in [2.75, 3.05) is 6.61 Å². The van der Waals surface area contributed by atoms with E-state index in [9.17, 15) is 4.79 Å². The highest BCUT2D eigenvalue weighted by atomic mass is 79.9. The molecule has 1 amide bonds. The molecule has 0 aromatic heterocycles. The second-order valence-corrected chi connectivity index (χ2v) is 1.94. The molecule has 0 atom stereocenters. The molecule has 1 aliphatic rings. The van der Waals surface area contributed by atoms with E-state index in [-0.39, 0.29) is 5.91 Å². The van der Waals surface area contributed by atoms with Gasteiger partial charge in [0.25, 0.3) is 5.91 Å². The van der Waals surface area contributed by atoms with Crippen LogP contribution in [0, 0.1) is 0 Å². The molecule has 50 valence electrons. The van der Waals surface area contributed by atoms with Crippen molar-refractivity contribution in [3.05, 3.63) is 0 Å². The molecule has 1 aliphatic heterocycles. The summed E-state index contributed by atoms with van der Waals surface area (Å²) >= 11 is 2.79. The number of halogens is 1. The summed E-state index contributed by atoms with van der Waals surface area (Å²) in [6.45, 7) is 0.510. The number of hydrogen-bond donors (Lipinski definition) is 1. The van der Waals surface area contributed by atoms with Crippen molar-refractivity contribution in [1.29, 1.82) is 0 Å². The first-order valence-electron chi connectivity index (χ1n) is 2.44. The monoisotopic (exact) mass is 192 g/mol. The van der Waals surface area contributed by atoms with Crippen LogP contribution in [0.3, 0.4) is 0 Å². The molecule has 1 heterocycles. The molecule has 0 fully saturated rings. The third kappa shape index (κ3) is 1.41. The SMILES string of the molecule is O=C(NBr)C1=NOCC1. The summed E-state index contributed by atoms with van der Waals surface area (Å²) in [5.74, 6) is -0.229. The number of rotatable bonds is 1. The minimum absolute atomic E-state index is 0.229. The predicted molar refractivity (Wildman–Crippen MR) is 35.1 cm³/mol. The van der Waals surface area contributed by atoms with Gasteiger partial charge in [0.05, 0.1) is 0 Å². The normalized spacial score (nSPS) is 16.3. The maximum atomic E-state index is 10.6. The van der Waals surface area contributed by atoms with Gasteiger partial charge in [0.2, 0.25) is 0 Å². The van der Waals surface area contributed by atoms with E-state index < -0.39 is 0 Å². The van der Waals surface area contributed by atoms with Crippen LogP contribution in [-0.2, 0) is 9.63 Å². The van der Waals surface area contributed by atoms with Gasteiger partial charge in [-0.25, -0.2) is 0 Å². The van der Waals surface area contributed by atoms with E-state index in [1.165, 1.54) is 0 Å². The third-order valence-electron chi connectivity index (χ3n) is 0.953. The topological polar surface area (TPSA) is 50.7 Å². The smallest absolute Gasteiger partial charge is 0.279 e. The zero-order valence-electron chi connectivity index (χ0n) is 4.56. The highest BCUT2D eigenvalue weighted by Gasteiger charge is 2.15. The van der Waals surface area contributed by atoms with Crippen LogP contribution in [0.15, 0.2) is 5.16 Å². The Hall–Kier alpha value is -0.580. The van der Waals surface area contributed by atoms with Crippen LogP contribution in [-0.4, -0.2) is 18.2 Å². The summed E-state index contributed by atoms with van der Waals surface area (Å²) in [5, 5.41) is 3.48. The Bertz CT molecular complexity index is 157. The fraction of sp³-hybridized carbons (Fsp3) is 0.500. The molecular formula is C4H5BrN2O2. The molecule has 1 rings (SSSR count). The number of nitrogens with zero attached hydrogens (tertiary/aromatic N) is 1. The van der Waals surface area contributed by atoms with Crippen molar-refractivity contribution in [3.63, 3.8) is 0 Å². The Morgan fingerprint density at radius 3 is 3.11 bits per heavy atom. The van der Waals surface area contributed by atoms with Crippen LogP contribution in [0.2, 0.25) is 0 Å². The van der Waals surface area contributed by atoms with Gasteiger partial charge >= 0.3 is 0 Å². The van der Waals surface area contributed by atoms with Crippen LogP contribution in [0.4, 0.5) is 0 Å². The largest absolute Gasteiger partial charge is 0.395 e. The molecule has 0 unspecified atom stereocenters. The Morgan fingerprint density at radius 1 is 1.89 bits per heavy atom. The maximum absolute atomic E-state index is 10.6. The Labute approximate surface area is 60.6 Å². The van der Waals surface area contributed by atoms with E-state index in [4.69, 9.17) is 0 Å². The molecule has 1 N–H and O–H groups in total. The fourth-order valence-corrected chi connectivity index (χ4v) is 0.750. The van der Waals surface area contributed by atoms with E-state index in [2.05, 4.69) is 30.5 Å². The lowest BCUT2D eigenvalue weighted by atomic mass is 10.3. The van der Waals surface area contributed by atoms with E-state index in [1.54, 1.807) is 0 Å². The van der Waals surface area contributed by atoms with Gasteiger partial charge in [0.1, 0.15) is 12.3 Å². The van der Waals surface area contributed by atoms with Gasteiger partial charge in [0, 0.05) is 22.6 Å². The van der Waals surface area contributed by atoms with Gasteiger partial charge in [-0.1, -0.05) is 5.16 Å². The number of oxime groups is 1. The van der Waals surface area contributed by atoms with Crippen LogP contribution in [0.1, 0.15) is 6.42 Å². The molecule has 0 bridgehead atoms. The van der Waals surface area contributed by atoms with Crippen molar-refractivity contribution < 1.29 is 9.63 Å². The van der Waals surface area contributed by atoms with Crippen LogP contribution < -0.4 is 4.34 Å². The van der Waals surface area contributed by atoms with Crippen molar-refractivity contribution in [2.24, 2.45) is 5.16 Å². The summed E-state index contributed by atoms with van der Waals surface area (Å²) in [6, 6.07) is 0. The zero-order chi connectivity index (χ0) is 6.69. The summed E-state index contributed by atoms with van der Waals surface area (Å²) in [5.41, 5.74) is 0.437. The van der Waals surface area contributed by atoms with Gasteiger partial charge in [-0.3, -0.25) is 9.14 Å². The number of hydrogen-bond acceptors (Lipinski definition) is 3. The van der Waals surface area contributed by atoms with Gasteiger partial charge in [0.15, 0.2) is 0 Å². The van der Waals surface area contributed by atoms with Gasteiger partial charge in [-0.05, 0) is 0 Å². The second-order valence-electron chi connectivity index (χ2n) is 1.54.